The minimum absolute atomic E-state index is 0.665. The highest BCUT2D eigenvalue weighted by Crippen LogP contribution is 2.26. The van der Waals surface area contributed by atoms with Gasteiger partial charge in [0.2, 0.25) is 0 Å². The van der Waals surface area contributed by atoms with Crippen LogP contribution in [0.2, 0.25) is 0 Å². The molecule has 0 saturated heterocycles. The first kappa shape index (κ1) is 17.0. The monoisotopic (exact) mass is 268 g/mol. The van der Waals surface area contributed by atoms with Crippen LogP contribution in [0.3, 0.4) is 0 Å². The first-order valence-corrected chi connectivity index (χ1v) is 8.42. The van der Waals surface area contributed by atoms with Gasteiger partial charge in [0, 0.05) is 18.6 Å². The van der Waals surface area contributed by atoms with Crippen molar-refractivity contribution >= 4 is 0 Å². The Morgan fingerprint density at radius 3 is 2.42 bits per heavy atom. The zero-order valence-corrected chi connectivity index (χ0v) is 13.9. The molecule has 0 amide bonds. The summed E-state index contributed by atoms with van der Waals surface area (Å²) >= 11 is 0. The molecule has 19 heavy (non-hydrogen) atoms. The van der Waals surface area contributed by atoms with Gasteiger partial charge < -0.3 is 10.2 Å². The average molecular weight is 268 g/mol. The standard InChI is InChI=1S/C17H36N2/c1-6-15-8-7-9-16(11-10-15)18-17(12-14(2)3)13-19(4)5/h14-18H,6-13H2,1-5H3. The van der Waals surface area contributed by atoms with Crippen molar-refractivity contribution in [2.75, 3.05) is 20.6 Å². The molecule has 1 saturated carbocycles. The maximum atomic E-state index is 3.96. The number of nitrogens with zero attached hydrogens (tertiary/aromatic N) is 1. The summed E-state index contributed by atoms with van der Waals surface area (Å²) in [6, 6.07) is 1.43. The summed E-state index contributed by atoms with van der Waals surface area (Å²) in [5, 5.41) is 3.96. The third-order valence-corrected chi connectivity index (χ3v) is 4.48. The molecule has 114 valence electrons. The third kappa shape index (κ3) is 7.31. The van der Waals surface area contributed by atoms with Gasteiger partial charge in [-0.3, -0.25) is 0 Å². The molecule has 0 aromatic heterocycles. The number of nitrogens with one attached hydrogen (secondary N) is 1. The molecule has 0 bridgehead atoms. The zero-order chi connectivity index (χ0) is 14.3. The topological polar surface area (TPSA) is 15.3 Å². The summed E-state index contributed by atoms with van der Waals surface area (Å²) < 4.78 is 0. The lowest BCUT2D eigenvalue weighted by molar-refractivity contribution is 0.275. The molecular formula is C17H36N2. The highest BCUT2D eigenvalue weighted by molar-refractivity contribution is 4.80. The molecule has 2 heteroatoms. The summed E-state index contributed by atoms with van der Waals surface area (Å²) in [6.07, 6.45) is 9.76. The van der Waals surface area contributed by atoms with Gasteiger partial charge in [-0.1, -0.05) is 40.0 Å². The van der Waals surface area contributed by atoms with Crippen molar-refractivity contribution in [2.45, 2.75) is 77.8 Å². The Kier molecular flexibility index (Phi) is 8.01. The van der Waals surface area contributed by atoms with Crippen molar-refractivity contribution in [3.63, 3.8) is 0 Å². The van der Waals surface area contributed by atoms with Gasteiger partial charge in [-0.25, -0.2) is 0 Å². The highest BCUT2D eigenvalue weighted by atomic mass is 15.1. The first-order valence-electron chi connectivity index (χ1n) is 8.42. The zero-order valence-electron chi connectivity index (χ0n) is 13.9. The van der Waals surface area contributed by atoms with E-state index in [4.69, 9.17) is 0 Å². The number of rotatable bonds is 7. The SMILES string of the molecule is CCC1CCCC(NC(CC(C)C)CN(C)C)CC1. The fourth-order valence-electron chi connectivity index (χ4n) is 3.49. The quantitative estimate of drug-likeness (QED) is 0.704. The third-order valence-electron chi connectivity index (χ3n) is 4.48. The van der Waals surface area contributed by atoms with E-state index in [1.165, 1.54) is 51.5 Å². The smallest absolute Gasteiger partial charge is 0.0199 e. The summed E-state index contributed by atoms with van der Waals surface area (Å²) in [6.45, 7) is 8.20. The molecule has 2 nitrogen and oxygen atoms in total. The number of likely N-dealkylation sites (N-methyl/N-ethyl adjacent to an activating group) is 1. The van der Waals surface area contributed by atoms with Crippen LogP contribution in [-0.2, 0) is 0 Å². The number of hydrogen-bond donors (Lipinski definition) is 1. The van der Waals surface area contributed by atoms with Crippen molar-refractivity contribution in [1.82, 2.24) is 10.2 Å². The van der Waals surface area contributed by atoms with Crippen LogP contribution in [0.1, 0.15) is 65.7 Å². The molecule has 0 radical (unpaired) electrons. The summed E-state index contributed by atoms with van der Waals surface area (Å²) in [4.78, 5) is 2.32. The minimum atomic E-state index is 0.665. The molecule has 1 aliphatic rings. The first-order chi connectivity index (χ1) is 9.01. The van der Waals surface area contributed by atoms with Gasteiger partial charge in [0.25, 0.3) is 0 Å². The van der Waals surface area contributed by atoms with Gasteiger partial charge in [0.1, 0.15) is 0 Å². The van der Waals surface area contributed by atoms with E-state index in [0.717, 1.165) is 17.9 Å². The summed E-state index contributed by atoms with van der Waals surface area (Å²) in [5.74, 6) is 1.77. The second kappa shape index (κ2) is 8.97. The van der Waals surface area contributed by atoms with Crippen molar-refractivity contribution in [1.29, 1.82) is 0 Å². The Labute approximate surface area is 121 Å². The van der Waals surface area contributed by atoms with E-state index in [1.54, 1.807) is 0 Å². The molecule has 0 spiro atoms. The normalized spacial score (nSPS) is 26.7. The average Bonchev–Trinajstić information content (AvgIpc) is 2.52. The second-order valence-corrected chi connectivity index (χ2v) is 7.23. The molecule has 1 rings (SSSR count). The van der Waals surface area contributed by atoms with E-state index in [-0.39, 0.29) is 0 Å². The van der Waals surface area contributed by atoms with E-state index in [0.29, 0.717) is 6.04 Å². The second-order valence-electron chi connectivity index (χ2n) is 7.23. The van der Waals surface area contributed by atoms with E-state index in [2.05, 4.69) is 45.1 Å². The molecule has 1 fully saturated rings. The minimum Gasteiger partial charge on any atom is -0.310 e. The van der Waals surface area contributed by atoms with Crippen LogP contribution < -0.4 is 5.32 Å². The largest absolute Gasteiger partial charge is 0.310 e. The maximum Gasteiger partial charge on any atom is 0.0199 e. The number of hydrogen-bond acceptors (Lipinski definition) is 2. The van der Waals surface area contributed by atoms with Gasteiger partial charge in [-0.15, -0.1) is 0 Å². The molecule has 1 aliphatic carbocycles. The van der Waals surface area contributed by atoms with Gasteiger partial charge in [0.15, 0.2) is 0 Å². The van der Waals surface area contributed by atoms with E-state index >= 15 is 0 Å². The Balaban J connectivity index is 2.43. The molecule has 3 unspecified atom stereocenters. The fourth-order valence-corrected chi connectivity index (χ4v) is 3.49. The molecule has 0 aliphatic heterocycles. The van der Waals surface area contributed by atoms with Crippen LogP contribution in [-0.4, -0.2) is 37.6 Å². The molecule has 0 heterocycles. The van der Waals surface area contributed by atoms with Crippen LogP contribution in [0.15, 0.2) is 0 Å². The van der Waals surface area contributed by atoms with Crippen LogP contribution in [0.4, 0.5) is 0 Å². The lowest BCUT2D eigenvalue weighted by atomic mass is 9.97. The van der Waals surface area contributed by atoms with Gasteiger partial charge in [-0.05, 0) is 51.6 Å². The van der Waals surface area contributed by atoms with Crippen molar-refractivity contribution in [2.24, 2.45) is 11.8 Å². The Bertz CT molecular complexity index is 215. The van der Waals surface area contributed by atoms with Gasteiger partial charge >= 0.3 is 0 Å². The lowest BCUT2D eigenvalue weighted by Crippen LogP contribution is -2.44. The fraction of sp³-hybridized carbons (Fsp3) is 1.00. The Hall–Kier alpha value is -0.0800. The predicted molar refractivity (Wildman–Crippen MR) is 85.6 cm³/mol. The summed E-state index contributed by atoms with van der Waals surface area (Å²) in [5.41, 5.74) is 0. The highest BCUT2D eigenvalue weighted by Gasteiger charge is 2.21. The van der Waals surface area contributed by atoms with Crippen molar-refractivity contribution < 1.29 is 0 Å². The Morgan fingerprint density at radius 2 is 1.84 bits per heavy atom. The molecule has 3 atom stereocenters. The molecular weight excluding hydrogens is 232 g/mol. The van der Waals surface area contributed by atoms with Gasteiger partial charge in [-0.2, -0.15) is 0 Å². The summed E-state index contributed by atoms with van der Waals surface area (Å²) in [7, 11) is 4.38. The van der Waals surface area contributed by atoms with Crippen molar-refractivity contribution in [3.05, 3.63) is 0 Å². The van der Waals surface area contributed by atoms with Crippen LogP contribution in [0.25, 0.3) is 0 Å². The molecule has 0 aromatic rings. The molecule has 1 N–H and O–H groups in total. The van der Waals surface area contributed by atoms with E-state index in [9.17, 15) is 0 Å². The van der Waals surface area contributed by atoms with Crippen molar-refractivity contribution in [3.8, 4) is 0 Å². The van der Waals surface area contributed by atoms with Crippen LogP contribution >= 0.6 is 0 Å². The van der Waals surface area contributed by atoms with Crippen LogP contribution in [0, 0.1) is 11.8 Å². The van der Waals surface area contributed by atoms with E-state index < -0.39 is 0 Å². The van der Waals surface area contributed by atoms with Crippen LogP contribution in [0.5, 0.6) is 0 Å². The maximum absolute atomic E-state index is 3.96. The molecule has 0 aromatic carbocycles. The Morgan fingerprint density at radius 1 is 1.11 bits per heavy atom. The van der Waals surface area contributed by atoms with E-state index in [1.807, 2.05) is 0 Å². The predicted octanol–water partition coefficient (Wildman–Crippen LogP) is 3.91. The lowest BCUT2D eigenvalue weighted by Gasteiger charge is -2.28. The van der Waals surface area contributed by atoms with Gasteiger partial charge in [0.05, 0.1) is 0 Å².